The Hall–Kier alpha value is -4.18. The molecule has 0 saturated carbocycles. The summed E-state index contributed by atoms with van der Waals surface area (Å²) >= 11 is 0. The monoisotopic (exact) mass is 588 g/mol. The zero-order valence-electron chi connectivity index (χ0n) is 27.0. The van der Waals surface area contributed by atoms with E-state index in [0.29, 0.717) is 24.3 Å². The van der Waals surface area contributed by atoms with E-state index >= 15 is 0 Å². The standard InChI is InChI=1S/C40H44O4/c1-7-10-11-12-13-29-17-19-31(25-35(29)39(42)44-9-3)40(30-18-16-28(6)34(24-30)38(41)43-8-2)36-22-26(4)14-20-32(36)33-21-15-27(5)23-37(33)40/h14-25H,7-13H2,1-6H3. The first-order valence-corrected chi connectivity index (χ1v) is 16.1. The van der Waals surface area contributed by atoms with Gasteiger partial charge in [-0.1, -0.05) is 98.0 Å². The van der Waals surface area contributed by atoms with Crippen LogP contribution in [0.2, 0.25) is 0 Å². The number of carbonyl (C=O) groups excluding carboxylic acids is 2. The SMILES string of the molecule is CCCCCCc1ccc(C2(c3ccc(C)c(C(=O)OCC)c3)c3cc(C)ccc3-c3ccc(C)cc32)cc1C(=O)OCC. The van der Waals surface area contributed by atoms with Crippen LogP contribution in [0.15, 0.2) is 72.8 Å². The van der Waals surface area contributed by atoms with E-state index in [0.717, 1.165) is 81.3 Å². The van der Waals surface area contributed by atoms with Crippen molar-refractivity contribution in [3.8, 4) is 11.1 Å². The Morgan fingerprint density at radius 2 is 1.16 bits per heavy atom. The van der Waals surface area contributed by atoms with Gasteiger partial charge < -0.3 is 9.47 Å². The molecule has 0 amide bonds. The lowest BCUT2D eigenvalue weighted by molar-refractivity contribution is 0.0515. The van der Waals surface area contributed by atoms with Crippen molar-refractivity contribution >= 4 is 11.9 Å². The molecule has 4 aromatic carbocycles. The van der Waals surface area contributed by atoms with Crippen LogP contribution in [0.1, 0.15) is 112 Å². The Kier molecular flexibility index (Phi) is 9.39. The van der Waals surface area contributed by atoms with Crippen LogP contribution in [0, 0.1) is 20.8 Å². The molecule has 4 aromatic rings. The predicted molar refractivity (Wildman–Crippen MR) is 178 cm³/mol. The number of esters is 2. The van der Waals surface area contributed by atoms with Crippen LogP contribution < -0.4 is 0 Å². The van der Waals surface area contributed by atoms with Crippen molar-refractivity contribution in [2.24, 2.45) is 0 Å². The molecular formula is C40H44O4. The highest BCUT2D eigenvalue weighted by Crippen LogP contribution is 2.57. The number of aryl methyl sites for hydroxylation is 4. The van der Waals surface area contributed by atoms with E-state index in [1.54, 1.807) is 0 Å². The Balaban J connectivity index is 1.85. The largest absolute Gasteiger partial charge is 0.462 e. The zero-order valence-corrected chi connectivity index (χ0v) is 27.0. The molecule has 0 N–H and O–H groups in total. The second-order valence-corrected chi connectivity index (χ2v) is 12.0. The van der Waals surface area contributed by atoms with Crippen LogP contribution in [-0.2, 0) is 21.3 Å². The average Bonchev–Trinajstić information content (AvgIpc) is 3.29. The van der Waals surface area contributed by atoms with Gasteiger partial charge in [0, 0.05) is 0 Å². The van der Waals surface area contributed by atoms with E-state index in [-0.39, 0.29) is 11.9 Å². The fraction of sp³-hybridized carbons (Fsp3) is 0.350. The molecule has 0 atom stereocenters. The summed E-state index contributed by atoms with van der Waals surface area (Å²) in [5.74, 6) is -0.624. The van der Waals surface area contributed by atoms with Crippen molar-refractivity contribution < 1.29 is 19.1 Å². The van der Waals surface area contributed by atoms with E-state index in [2.05, 4.69) is 81.4 Å². The Morgan fingerprint density at radius 3 is 1.73 bits per heavy atom. The topological polar surface area (TPSA) is 52.6 Å². The Morgan fingerprint density at radius 1 is 0.614 bits per heavy atom. The number of ether oxygens (including phenoxy) is 2. The second-order valence-electron chi connectivity index (χ2n) is 12.0. The molecular weight excluding hydrogens is 544 g/mol. The summed E-state index contributed by atoms with van der Waals surface area (Å²) in [5, 5.41) is 0. The van der Waals surface area contributed by atoms with E-state index in [9.17, 15) is 9.59 Å². The molecule has 44 heavy (non-hydrogen) atoms. The van der Waals surface area contributed by atoms with Crippen LogP contribution in [0.3, 0.4) is 0 Å². The van der Waals surface area contributed by atoms with Gasteiger partial charge in [-0.25, -0.2) is 9.59 Å². The van der Waals surface area contributed by atoms with E-state index < -0.39 is 5.41 Å². The van der Waals surface area contributed by atoms with Crippen LogP contribution in [0.25, 0.3) is 11.1 Å². The van der Waals surface area contributed by atoms with E-state index in [4.69, 9.17) is 9.47 Å². The minimum absolute atomic E-state index is 0.293. The predicted octanol–water partition coefficient (Wildman–Crippen LogP) is 9.45. The number of benzene rings is 4. The minimum Gasteiger partial charge on any atom is -0.462 e. The van der Waals surface area contributed by atoms with Gasteiger partial charge in [-0.3, -0.25) is 0 Å². The van der Waals surface area contributed by atoms with Crippen LogP contribution in [-0.4, -0.2) is 25.2 Å². The molecule has 5 rings (SSSR count). The lowest BCUT2D eigenvalue weighted by Crippen LogP contribution is -2.30. The lowest BCUT2D eigenvalue weighted by Gasteiger charge is -2.35. The van der Waals surface area contributed by atoms with Crippen molar-refractivity contribution in [2.75, 3.05) is 13.2 Å². The molecule has 228 valence electrons. The molecule has 1 aliphatic rings. The maximum atomic E-state index is 13.5. The summed E-state index contributed by atoms with van der Waals surface area (Å²) in [5.41, 5.74) is 11.1. The molecule has 0 unspecified atom stereocenters. The summed E-state index contributed by atoms with van der Waals surface area (Å²) in [6, 6.07) is 25.7. The first-order chi connectivity index (χ1) is 21.3. The van der Waals surface area contributed by atoms with Gasteiger partial charge in [0.2, 0.25) is 0 Å². The van der Waals surface area contributed by atoms with Gasteiger partial charge in [-0.2, -0.15) is 0 Å². The summed E-state index contributed by atoms with van der Waals surface area (Å²) < 4.78 is 11.1. The minimum atomic E-state index is -0.764. The fourth-order valence-electron chi connectivity index (χ4n) is 6.79. The van der Waals surface area contributed by atoms with Gasteiger partial charge in [0.15, 0.2) is 0 Å². The van der Waals surface area contributed by atoms with Crippen molar-refractivity contribution in [1.29, 1.82) is 0 Å². The van der Waals surface area contributed by atoms with Crippen molar-refractivity contribution in [3.63, 3.8) is 0 Å². The van der Waals surface area contributed by atoms with Crippen LogP contribution in [0.5, 0.6) is 0 Å². The van der Waals surface area contributed by atoms with Crippen LogP contribution >= 0.6 is 0 Å². The molecule has 0 fully saturated rings. The molecule has 0 bridgehead atoms. The number of fused-ring (bicyclic) bond motifs is 3. The third kappa shape index (κ3) is 5.58. The summed E-state index contributed by atoms with van der Waals surface area (Å²) in [6.07, 6.45) is 5.32. The number of rotatable bonds is 11. The second kappa shape index (κ2) is 13.2. The molecule has 4 nitrogen and oxygen atoms in total. The van der Waals surface area contributed by atoms with Gasteiger partial charge in [0.1, 0.15) is 0 Å². The number of unbranched alkanes of at least 4 members (excludes halogenated alkanes) is 3. The van der Waals surface area contributed by atoms with Crippen molar-refractivity contribution in [1.82, 2.24) is 0 Å². The van der Waals surface area contributed by atoms with Gasteiger partial charge >= 0.3 is 11.9 Å². The molecule has 0 aliphatic heterocycles. The molecule has 0 saturated heterocycles. The van der Waals surface area contributed by atoms with Gasteiger partial charge in [-0.15, -0.1) is 0 Å². The highest BCUT2D eigenvalue weighted by molar-refractivity contribution is 5.94. The highest BCUT2D eigenvalue weighted by atomic mass is 16.5. The van der Waals surface area contributed by atoms with E-state index in [1.807, 2.05) is 32.9 Å². The van der Waals surface area contributed by atoms with Gasteiger partial charge in [0.05, 0.1) is 29.8 Å². The lowest BCUT2D eigenvalue weighted by atomic mass is 9.66. The smallest absolute Gasteiger partial charge is 0.338 e. The maximum Gasteiger partial charge on any atom is 0.338 e. The highest BCUT2D eigenvalue weighted by Gasteiger charge is 2.47. The average molecular weight is 589 g/mol. The number of carbonyl (C=O) groups is 2. The van der Waals surface area contributed by atoms with Crippen molar-refractivity contribution in [3.05, 3.63) is 128 Å². The Labute approximate surface area is 262 Å². The number of hydrogen-bond donors (Lipinski definition) is 0. The normalized spacial score (nSPS) is 12.9. The summed E-state index contributed by atoms with van der Waals surface area (Å²) in [6.45, 7) is 12.7. The zero-order chi connectivity index (χ0) is 31.4. The first-order valence-electron chi connectivity index (χ1n) is 16.1. The quantitative estimate of drug-likeness (QED) is 0.114. The maximum absolute atomic E-state index is 13.5. The number of hydrogen-bond acceptors (Lipinski definition) is 4. The Bertz CT molecular complexity index is 1640. The van der Waals surface area contributed by atoms with Gasteiger partial charge in [-0.05, 0) is 104 Å². The summed E-state index contributed by atoms with van der Waals surface area (Å²) in [7, 11) is 0. The molecule has 0 aromatic heterocycles. The summed E-state index contributed by atoms with van der Waals surface area (Å²) in [4.78, 5) is 26.7. The third-order valence-electron chi connectivity index (χ3n) is 8.95. The van der Waals surface area contributed by atoms with E-state index in [1.165, 1.54) is 6.42 Å². The molecule has 1 aliphatic carbocycles. The molecule has 0 radical (unpaired) electrons. The molecule has 0 heterocycles. The van der Waals surface area contributed by atoms with Crippen molar-refractivity contribution in [2.45, 2.75) is 79.1 Å². The third-order valence-corrected chi connectivity index (χ3v) is 8.95. The van der Waals surface area contributed by atoms with Crippen LogP contribution in [0.4, 0.5) is 0 Å². The van der Waals surface area contributed by atoms with Gasteiger partial charge in [0.25, 0.3) is 0 Å². The first kappa shape index (κ1) is 31.3. The molecule has 0 spiro atoms. The fourth-order valence-corrected chi connectivity index (χ4v) is 6.79. The molecule has 4 heteroatoms.